The van der Waals surface area contributed by atoms with Crippen LogP contribution >= 0.6 is 22.9 Å². The molecule has 8 heteroatoms. The van der Waals surface area contributed by atoms with Gasteiger partial charge in [0.25, 0.3) is 0 Å². The maximum Gasteiger partial charge on any atom is 0.351 e. The molecule has 2 aromatic rings. The number of nitrogens with zero attached hydrogens (tertiary/aromatic N) is 3. The summed E-state index contributed by atoms with van der Waals surface area (Å²) in [6.07, 6.45) is 0.136. The number of hydrogen-bond acceptors (Lipinski definition) is 7. The molecule has 0 N–H and O–H groups in total. The van der Waals surface area contributed by atoms with Gasteiger partial charge in [0, 0.05) is 26.2 Å². The lowest BCUT2D eigenvalue weighted by atomic mass is 10.1. The molecule has 1 aromatic carbocycles. The molecule has 2 aliphatic heterocycles. The number of morpholine rings is 1. The zero-order chi connectivity index (χ0) is 18.1. The van der Waals surface area contributed by atoms with Crippen molar-refractivity contribution in [3.8, 4) is 0 Å². The molecular weight excluding hydrogens is 374 g/mol. The number of thiazole rings is 1. The Balaban J connectivity index is 1.50. The third-order valence-corrected chi connectivity index (χ3v) is 6.34. The molecule has 3 heterocycles. The van der Waals surface area contributed by atoms with Crippen LogP contribution in [0.25, 0.3) is 0 Å². The van der Waals surface area contributed by atoms with Gasteiger partial charge in [-0.2, -0.15) is 0 Å². The molecule has 0 amide bonds. The van der Waals surface area contributed by atoms with E-state index in [-0.39, 0.29) is 11.3 Å². The molecule has 2 aliphatic rings. The molecule has 2 fully saturated rings. The van der Waals surface area contributed by atoms with Gasteiger partial charge in [0.15, 0.2) is 15.2 Å². The molecule has 4 rings (SSSR count). The zero-order valence-electron chi connectivity index (χ0n) is 14.4. The van der Waals surface area contributed by atoms with Gasteiger partial charge in [-0.3, -0.25) is 4.90 Å². The van der Waals surface area contributed by atoms with Gasteiger partial charge in [0.05, 0.1) is 25.9 Å². The predicted octanol–water partition coefficient (Wildman–Crippen LogP) is 2.67. The van der Waals surface area contributed by atoms with Crippen LogP contribution in [0.2, 0.25) is 5.15 Å². The van der Waals surface area contributed by atoms with Gasteiger partial charge in [-0.25, -0.2) is 9.78 Å². The smallest absolute Gasteiger partial charge is 0.351 e. The highest BCUT2D eigenvalue weighted by Gasteiger charge is 2.41. The molecule has 1 aromatic heterocycles. The van der Waals surface area contributed by atoms with Crippen LogP contribution in [-0.2, 0) is 16.0 Å². The minimum atomic E-state index is -0.447. The van der Waals surface area contributed by atoms with Crippen LogP contribution in [0.3, 0.4) is 0 Å². The number of anilines is 1. The molecule has 26 heavy (non-hydrogen) atoms. The SMILES string of the molecule is COC(=O)c1sc(N2CC3OCCN(Cc4ccccc4)C3C2)nc1Cl. The van der Waals surface area contributed by atoms with Crippen LogP contribution in [0.4, 0.5) is 5.13 Å². The van der Waals surface area contributed by atoms with Gasteiger partial charge in [0.1, 0.15) is 0 Å². The summed E-state index contributed by atoms with van der Waals surface area (Å²) in [5.74, 6) is -0.447. The summed E-state index contributed by atoms with van der Waals surface area (Å²) in [5, 5.41) is 0.946. The highest BCUT2D eigenvalue weighted by atomic mass is 35.5. The Morgan fingerprint density at radius 2 is 2.19 bits per heavy atom. The average molecular weight is 394 g/mol. The van der Waals surface area contributed by atoms with Gasteiger partial charge < -0.3 is 14.4 Å². The molecule has 2 unspecified atom stereocenters. The number of rotatable bonds is 4. The molecule has 0 aliphatic carbocycles. The van der Waals surface area contributed by atoms with Crippen molar-refractivity contribution in [3.63, 3.8) is 0 Å². The quantitative estimate of drug-likeness (QED) is 0.744. The first kappa shape index (κ1) is 17.7. The van der Waals surface area contributed by atoms with E-state index in [9.17, 15) is 4.79 Å². The number of esters is 1. The third kappa shape index (κ3) is 3.44. The Morgan fingerprint density at radius 3 is 2.96 bits per heavy atom. The number of carbonyl (C=O) groups excluding carboxylic acids is 1. The van der Waals surface area contributed by atoms with Gasteiger partial charge >= 0.3 is 5.97 Å². The summed E-state index contributed by atoms with van der Waals surface area (Å²) in [6.45, 7) is 4.11. The zero-order valence-corrected chi connectivity index (χ0v) is 16.0. The minimum Gasteiger partial charge on any atom is -0.465 e. The molecule has 138 valence electrons. The van der Waals surface area contributed by atoms with Crippen LogP contribution in [0.5, 0.6) is 0 Å². The Bertz CT molecular complexity index is 785. The molecule has 0 bridgehead atoms. The normalized spacial score (nSPS) is 23.1. The number of ether oxygens (including phenoxy) is 2. The van der Waals surface area contributed by atoms with Crippen LogP contribution in [0.15, 0.2) is 30.3 Å². The summed E-state index contributed by atoms with van der Waals surface area (Å²) in [7, 11) is 1.35. The highest BCUT2D eigenvalue weighted by molar-refractivity contribution is 7.18. The standard InChI is InChI=1S/C18H20ClN3O3S/c1-24-17(23)15-16(19)20-18(26-15)22-10-13-14(11-22)25-8-7-21(13)9-12-5-3-2-4-6-12/h2-6,13-14H,7-11H2,1H3. The molecule has 2 saturated heterocycles. The third-order valence-electron chi connectivity index (χ3n) is 4.86. The Hall–Kier alpha value is -1.67. The number of halogens is 1. The number of carbonyl (C=O) groups is 1. The lowest BCUT2D eigenvalue weighted by molar-refractivity contribution is -0.0499. The summed E-state index contributed by atoms with van der Waals surface area (Å²) < 4.78 is 10.8. The topological polar surface area (TPSA) is 54.9 Å². The number of hydrogen-bond donors (Lipinski definition) is 0. The van der Waals surface area contributed by atoms with Crippen LogP contribution in [-0.4, -0.2) is 61.3 Å². The van der Waals surface area contributed by atoms with Crippen LogP contribution < -0.4 is 4.90 Å². The number of fused-ring (bicyclic) bond motifs is 1. The summed E-state index contributed by atoms with van der Waals surface area (Å²) in [5.41, 5.74) is 1.30. The van der Waals surface area contributed by atoms with E-state index >= 15 is 0 Å². The van der Waals surface area contributed by atoms with E-state index in [1.165, 1.54) is 24.0 Å². The highest BCUT2D eigenvalue weighted by Crippen LogP contribution is 2.34. The summed E-state index contributed by atoms with van der Waals surface area (Å²) >= 11 is 7.39. The van der Waals surface area contributed by atoms with E-state index in [1.807, 2.05) is 6.07 Å². The summed E-state index contributed by atoms with van der Waals surface area (Å²) in [4.78, 5) is 21.1. The van der Waals surface area contributed by atoms with Crippen molar-refractivity contribution in [2.45, 2.75) is 18.7 Å². The van der Waals surface area contributed by atoms with Crippen molar-refractivity contribution >= 4 is 34.0 Å². The molecule has 0 radical (unpaired) electrons. The fourth-order valence-corrected chi connectivity index (χ4v) is 4.79. The van der Waals surface area contributed by atoms with Crippen LogP contribution in [0, 0.1) is 0 Å². The molecular formula is C18H20ClN3O3S. The second-order valence-corrected chi connectivity index (χ2v) is 7.78. The lowest BCUT2D eigenvalue weighted by Gasteiger charge is -2.36. The van der Waals surface area contributed by atoms with E-state index in [1.54, 1.807) is 0 Å². The maximum absolute atomic E-state index is 11.8. The van der Waals surface area contributed by atoms with E-state index in [4.69, 9.17) is 21.1 Å². The van der Waals surface area contributed by atoms with E-state index in [0.717, 1.165) is 37.9 Å². The Labute approximate surface area is 161 Å². The van der Waals surface area contributed by atoms with Crippen molar-refractivity contribution < 1.29 is 14.3 Å². The van der Waals surface area contributed by atoms with Gasteiger partial charge in [-0.05, 0) is 5.56 Å². The van der Waals surface area contributed by atoms with Crippen molar-refractivity contribution in [1.29, 1.82) is 0 Å². The average Bonchev–Trinajstić information content (AvgIpc) is 3.26. The molecule has 0 saturated carbocycles. The maximum atomic E-state index is 11.8. The number of methoxy groups -OCH3 is 1. The van der Waals surface area contributed by atoms with Gasteiger partial charge in [0.2, 0.25) is 0 Å². The first-order valence-corrected chi connectivity index (χ1v) is 9.74. The fourth-order valence-electron chi connectivity index (χ4n) is 3.57. The fraction of sp³-hybridized carbons (Fsp3) is 0.444. The van der Waals surface area contributed by atoms with Crippen molar-refractivity contribution in [1.82, 2.24) is 9.88 Å². The van der Waals surface area contributed by atoms with Crippen LogP contribution in [0.1, 0.15) is 15.2 Å². The molecule has 6 nitrogen and oxygen atoms in total. The van der Waals surface area contributed by atoms with E-state index < -0.39 is 5.97 Å². The van der Waals surface area contributed by atoms with Gasteiger partial charge in [-0.15, -0.1) is 0 Å². The van der Waals surface area contributed by atoms with Crippen molar-refractivity contribution in [2.75, 3.05) is 38.3 Å². The largest absolute Gasteiger partial charge is 0.465 e. The lowest BCUT2D eigenvalue weighted by Crippen LogP contribution is -2.50. The Morgan fingerprint density at radius 1 is 1.38 bits per heavy atom. The van der Waals surface area contributed by atoms with Crippen molar-refractivity contribution in [2.24, 2.45) is 0 Å². The second-order valence-electron chi connectivity index (χ2n) is 6.45. The minimum absolute atomic E-state index is 0.136. The predicted molar refractivity (Wildman–Crippen MR) is 101 cm³/mol. The van der Waals surface area contributed by atoms with Crippen molar-refractivity contribution in [3.05, 3.63) is 45.9 Å². The first-order chi connectivity index (χ1) is 12.7. The molecule has 0 spiro atoms. The summed E-state index contributed by atoms with van der Waals surface area (Å²) in [6, 6.07) is 10.8. The second kappa shape index (κ2) is 7.52. The van der Waals surface area contributed by atoms with Gasteiger partial charge in [-0.1, -0.05) is 53.3 Å². The monoisotopic (exact) mass is 393 g/mol. The molecule has 2 atom stereocenters. The Kier molecular flexibility index (Phi) is 5.13. The first-order valence-electron chi connectivity index (χ1n) is 8.55. The number of benzene rings is 1. The van der Waals surface area contributed by atoms with E-state index in [2.05, 4.69) is 39.0 Å². The number of aromatic nitrogens is 1. The van der Waals surface area contributed by atoms with E-state index in [0.29, 0.717) is 10.9 Å².